The first-order valence-corrected chi connectivity index (χ1v) is 6.94. The number of ether oxygens (including phenoxy) is 1. The van der Waals surface area contributed by atoms with Crippen LogP contribution in [0.15, 0.2) is 24.3 Å². The van der Waals surface area contributed by atoms with Crippen LogP contribution in [0, 0.1) is 18.3 Å². The topological polar surface area (TPSA) is 57.9 Å². The number of nitrogens with zero attached hydrogens (tertiary/aromatic N) is 2. The highest BCUT2D eigenvalue weighted by molar-refractivity contribution is 6.34. The van der Waals surface area contributed by atoms with Crippen molar-refractivity contribution >= 4 is 28.9 Å². The minimum atomic E-state index is 0.328. The lowest BCUT2D eigenvalue weighted by molar-refractivity contribution is 0.413. The van der Waals surface area contributed by atoms with Crippen LogP contribution in [-0.4, -0.2) is 12.1 Å². The molecule has 0 radical (unpaired) electrons. The van der Waals surface area contributed by atoms with E-state index in [1.54, 1.807) is 18.2 Å². The third-order valence-electron chi connectivity index (χ3n) is 2.99. The van der Waals surface area contributed by atoms with Crippen molar-refractivity contribution in [1.29, 1.82) is 5.26 Å². The third-order valence-corrected chi connectivity index (χ3v) is 3.46. The molecule has 4 nitrogen and oxygen atoms in total. The molecule has 0 bridgehead atoms. The molecule has 0 fully saturated rings. The van der Waals surface area contributed by atoms with Gasteiger partial charge in [0, 0.05) is 6.54 Å². The second-order valence-electron chi connectivity index (χ2n) is 4.43. The summed E-state index contributed by atoms with van der Waals surface area (Å²) in [6, 6.07) is 9.28. The van der Waals surface area contributed by atoms with Gasteiger partial charge in [-0.15, -0.1) is 0 Å². The number of nitriles is 1. The molecule has 2 rings (SSSR count). The fourth-order valence-corrected chi connectivity index (χ4v) is 2.55. The molecule has 0 aliphatic heterocycles. The Kier molecular flexibility index (Phi) is 4.89. The first kappa shape index (κ1) is 15.4. The van der Waals surface area contributed by atoms with Crippen LogP contribution in [-0.2, 0) is 6.54 Å². The van der Waals surface area contributed by atoms with Crippen LogP contribution >= 0.6 is 23.2 Å². The Hall–Kier alpha value is -1.96. The highest BCUT2D eigenvalue weighted by atomic mass is 35.5. The Bertz CT molecular complexity index is 688. The molecule has 108 valence electrons. The van der Waals surface area contributed by atoms with Crippen molar-refractivity contribution in [3.63, 3.8) is 0 Å². The number of aryl methyl sites for hydroxylation is 1. The van der Waals surface area contributed by atoms with Gasteiger partial charge >= 0.3 is 0 Å². The number of hydrogen-bond acceptors (Lipinski definition) is 4. The predicted octanol–water partition coefficient (Wildman–Crippen LogP) is 4.19. The number of pyridine rings is 1. The lowest BCUT2D eigenvalue weighted by atomic mass is 10.1. The van der Waals surface area contributed by atoms with E-state index in [1.165, 1.54) is 7.11 Å². The first-order valence-electron chi connectivity index (χ1n) is 6.18. The van der Waals surface area contributed by atoms with Crippen molar-refractivity contribution in [3.8, 4) is 11.8 Å². The molecule has 21 heavy (non-hydrogen) atoms. The molecule has 0 aliphatic rings. The maximum atomic E-state index is 9.08. The molecule has 6 heteroatoms. The molecular formula is C15H13Cl2N3O. The number of rotatable bonds is 4. The maximum Gasteiger partial charge on any atom is 0.154 e. The van der Waals surface area contributed by atoms with E-state index < -0.39 is 0 Å². The highest BCUT2D eigenvalue weighted by Gasteiger charge is 2.08. The molecule has 1 heterocycles. The maximum absolute atomic E-state index is 9.08. The van der Waals surface area contributed by atoms with Crippen molar-refractivity contribution in [2.75, 3.05) is 12.4 Å². The Morgan fingerprint density at radius 3 is 2.71 bits per heavy atom. The third kappa shape index (κ3) is 3.57. The SMILES string of the molecule is COc1ccc(CNc2c(C)cc(Cl)nc2Cl)cc1C#N. The number of halogens is 2. The summed E-state index contributed by atoms with van der Waals surface area (Å²) in [5.41, 5.74) is 3.08. The number of hydrogen-bond donors (Lipinski definition) is 1. The molecule has 0 aliphatic carbocycles. The molecule has 0 saturated carbocycles. The summed E-state index contributed by atoms with van der Waals surface area (Å²) in [6.45, 7) is 2.42. The first-order chi connectivity index (χ1) is 10.0. The highest BCUT2D eigenvalue weighted by Crippen LogP contribution is 2.27. The van der Waals surface area contributed by atoms with Gasteiger partial charge < -0.3 is 10.1 Å². The summed E-state index contributed by atoms with van der Waals surface area (Å²) < 4.78 is 5.12. The molecule has 2 aromatic rings. The molecule has 1 N–H and O–H groups in total. The van der Waals surface area contributed by atoms with E-state index in [9.17, 15) is 0 Å². The summed E-state index contributed by atoms with van der Waals surface area (Å²) >= 11 is 11.9. The Balaban J connectivity index is 2.19. The van der Waals surface area contributed by atoms with Gasteiger partial charge in [-0.3, -0.25) is 0 Å². The Morgan fingerprint density at radius 1 is 1.33 bits per heavy atom. The Labute approximate surface area is 133 Å². The van der Waals surface area contributed by atoms with E-state index in [0.717, 1.165) is 16.8 Å². The van der Waals surface area contributed by atoms with Crippen LogP contribution in [0.25, 0.3) is 0 Å². The average Bonchev–Trinajstić information content (AvgIpc) is 2.45. The number of benzene rings is 1. The van der Waals surface area contributed by atoms with Gasteiger partial charge in [0.25, 0.3) is 0 Å². The van der Waals surface area contributed by atoms with Gasteiger partial charge in [0.05, 0.1) is 18.4 Å². The van der Waals surface area contributed by atoms with Gasteiger partial charge in [-0.05, 0) is 36.2 Å². The quantitative estimate of drug-likeness (QED) is 0.858. The van der Waals surface area contributed by atoms with E-state index >= 15 is 0 Å². The number of nitrogens with one attached hydrogen (secondary N) is 1. The van der Waals surface area contributed by atoms with Crippen LogP contribution in [0.5, 0.6) is 5.75 Å². The van der Waals surface area contributed by atoms with Crippen molar-refractivity contribution in [2.45, 2.75) is 13.5 Å². The summed E-state index contributed by atoms with van der Waals surface area (Å²) in [5.74, 6) is 0.559. The van der Waals surface area contributed by atoms with Crippen LogP contribution in [0.1, 0.15) is 16.7 Å². The molecule has 1 aromatic carbocycles. The van der Waals surface area contributed by atoms with Gasteiger partial charge in [-0.1, -0.05) is 29.3 Å². The van der Waals surface area contributed by atoms with Gasteiger partial charge in [-0.25, -0.2) is 4.98 Å². The van der Waals surface area contributed by atoms with E-state index in [2.05, 4.69) is 16.4 Å². The van der Waals surface area contributed by atoms with Crippen LogP contribution in [0.3, 0.4) is 0 Å². The Morgan fingerprint density at radius 2 is 2.10 bits per heavy atom. The van der Waals surface area contributed by atoms with Crippen molar-refractivity contribution in [2.24, 2.45) is 0 Å². The molecule has 0 atom stereocenters. The zero-order valence-corrected chi connectivity index (χ0v) is 13.1. The minimum absolute atomic E-state index is 0.328. The minimum Gasteiger partial charge on any atom is -0.495 e. The van der Waals surface area contributed by atoms with Crippen molar-refractivity contribution in [3.05, 3.63) is 51.3 Å². The van der Waals surface area contributed by atoms with Crippen LogP contribution in [0.2, 0.25) is 10.3 Å². The smallest absolute Gasteiger partial charge is 0.154 e. The molecule has 0 unspecified atom stereocenters. The lowest BCUT2D eigenvalue weighted by Gasteiger charge is -2.12. The molecule has 0 amide bonds. The summed E-state index contributed by atoms with van der Waals surface area (Å²) in [6.07, 6.45) is 0. The fourth-order valence-electron chi connectivity index (χ4n) is 1.95. The fraction of sp³-hybridized carbons (Fsp3) is 0.200. The number of aromatic nitrogens is 1. The molecule has 0 saturated heterocycles. The largest absolute Gasteiger partial charge is 0.495 e. The van der Waals surface area contributed by atoms with Crippen molar-refractivity contribution in [1.82, 2.24) is 4.98 Å². The molecule has 1 aromatic heterocycles. The standard InChI is InChI=1S/C15H13Cl2N3O/c1-9-5-13(16)20-15(17)14(9)19-8-10-3-4-12(21-2)11(6-10)7-18/h3-6,19H,8H2,1-2H3. The second kappa shape index (κ2) is 6.66. The summed E-state index contributed by atoms with van der Waals surface area (Å²) in [7, 11) is 1.54. The van der Waals surface area contributed by atoms with E-state index in [4.69, 9.17) is 33.2 Å². The number of methoxy groups -OCH3 is 1. The van der Waals surface area contributed by atoms with E-state index in [0.29, 0.717) is 28.2 Å². The van der Waals surface area contributed by atoms with Gasteiger partial charge in [0.1, 0.15) is 17.0 Å². The molecule has 0 spiro atoms. The zero-order chi connectivity index (χ0) is 15.4. The van der Waals surface area contributed by atoms with Crippen molar-refractivity contribution < 1.29 is 4.74 Å². The van der Waals surface area contributed by atoms with Crippen LogP contribution in [0.4, 0.5) is 5.69 Å². The van der Waals surface area contributed by atoms with E-state index in [1.807, 2.05) is 13.0 Å². The monoisotopic (exact) mass is 321 g/mol. The van der Waals surface area contributed by atoms with Gasteiger partial charge in [-0.2, -0.15) is 5.26 Å². The number of anilines is 1. The summed E-state index contributed by atoms with van der Waals surface area (Å²) in [5, 5.41) is 13.0. The van der Waals surface area contributed by atoms with E-state index in [-0.39, 0.29) is 0 Å². The predicted molar refractivity (Wildman–Crippen MR) is 84.0 cm³/mol. The normalized spacial score (nSPS) is 10.0. The van der Waals surface area contributed by atoms with Gasteiger partial charge in [0.15, 0.2) is 5.15 Å². The van der Waals surface area contributed by atoms with Crippen LogP contribution < -0.4 is 10.1 Å². The summed E-state index contributed by atoms with van der Waals surface area (Å²) in [4.78, 5) is 4.00. The van der Waals surface area contributed by atoms with Gasteiger partial charge in [0.2, 0.25) is 0 Å². The molecular weight excluding hydrogens is 309 g/mol. The second-order valence-corrected chi connectivity index (χ2v) is 5.17. The average molecular weight is 322 g/mol. The lowest BCUT2D eigenvalue weighted by Crippen LogP contribution is -2.03. The zero-order valence-electron chi connectivity index (χ0n) is 11.6.